The summed E-state index contributed by atoms with van der Waals surface area (Å²) >= 11 is 0. The zero-order chi connectivity index (χ0) is 22.5. The van der Waals surface area contributed by atoms with Crippen molar-refractivity contribution in [2.45, 2.75) is 11.3 Å². The first-order valence-corrected chi connectivity index (χ1v) is 9.40. The minimum Gasteiger partial charge on any atom is -0.462 e. The van der Waals surface area contributed by atoms with Gasteiger partial charge < -0.3 is 9.47 Å². The molecule has 0 radical (unpaired) electrons. The first kappa shape index (κ1) is 23.0. The number of hydrogen-bond acceptors (Lipinski definition) is 6. The van der Waals surface area contributed by atoms with Crippen LogP contribution in [0.5, 0.6) is 5.75 Å². The first-order valence-electron chi connectivity index (χ1n) is 7.96. The van der Waals surface area contributed by atoms with E-state index in [-0.39, 0.29) is 6.61 Å². The second-order valence-electron chi connectivity index (χ2n) is 5.55. The maximum atomic E-state index is 13.8. The Labute approximate surface area is 167 Å². The Morgan fingerprint density at radius 1 is 0.900 bits per heavy atom. The quantitative estimate of drug-likeness (QED) is 0.173. The van der Waals surface area contributed by atoms with Crippen LogP contribution in [-0.2, 0) is 30.9 Å². The maximum absolute atomic E-state index is 13.8. The molecular formula is C18H12F4O7S. The van der Waals surface area contributed by atoms with Crippen molar-refractivity contribution in [2.75, 3.05) is 6.61 Å². The summed E-state index contributed by atoms with van der Waals surface area (Å²) in [6, 6.07) is 8.92. The van der Waals surface area contributed by atoms with Crippen molar-refractivity contribution in [3.05, 3.63) is 71.3 Å². The highest BCUT2D eigenvalue weighted by molar-refractivity contribution is 7.85. The third kappa shape index (κ3) is 5.64. The Kier molecular flexibility index (Phi) is 7.29. The predicted molar refractivity (Wildman–Crippen MR) is 92.0 cm³/mol. The van der Waals surface area contributed by atoms with E-state index in [1.165, 1.54) is 0 Å². The molecule has 0 saturated carbocycles. The minimum absolute atomic E-state index is 0.0426. The number of rotatable bonds is 7. The van der Waals surface area contributed by atoms with Gasteiger partial charge in [-0.3, -0.25) is 4.55 Å². The largest absolute Gasteiger partial charge is 0.462 e. The molecule has 0 aliphatic heterocycles. The second kappa shape index (κ2) is 9.50. The van der Waals surface area contributed by atoms with Crippen LogP contribution in [0.15, 0.2) is 47.4 Å². The predicted octanol–water partition coefficient (Wildman–Crippen LogP) is 2.74. The van der Waals surface area contributed by atoms with Gasteiger partial charge in [-0.25, -0.2) is 18.4 Å². The lowest BCUT2D eigenvalue weighted by Crippen LogP contribution is -2.15. The number of benzene rings is 2. The fraction of sp³-hybridized carbons (Fsp3) is 0.111. The van der Waals surface area contributed by atoms with Crippen molar-refractivity contribution < 1.29 is 49.6 Å². The topological polar surface area (TPSA) is 107 Å². The van der Waals surface area contributed by atoms with Crippen LogP contribution in [0.25, 0.3) is 0 Å². The Bertz CT molecular complexity index is 1070. The lowest BCUT2D eigenvalue weighted by Gasteiger charge is -2.09. The standard InChI is InChI=1S/C18H12F4O7S/c19-13-15(21)18(30(25,26)27)16(22)14(20)17(13)29-12(24)7-6-11(23)28-9-8-10-4-2-1-3-5-10/h1-7H,8-9H2,(H,25,26,27). The molecule has 0 unspecified atom stereocenters. The molecule has 30 heavy (non-hydrogen) atoms. The highest BCUT2D eigenvalue weighted by atomic mass is 32.2. The summed E-state index contributed by atoms with van der Waals surface area (Å²) in [5, 5.41) is 0. The normalized spacial score (nSPS) is 11.5. The summed E-state index contributed by atoms with van der Waals surface area (Å²) in [6.07, 6.45) is 1.29. The Balaban J connectivity index is 2.04. The van der Waals surface area contributed by atoms with E-state index < -0.39 is 56.0 Å². The molecule has 7 nitrogen and oxygen atoms in total. The van der Waals surface area contributed by atoms with Crippen molar-refractivity contribution in [3.63, 3.8) is 0 Å². The van der Waals surface area contributed by atoms with E-state index in [0.29, 0.717) is 18.6 Å². The summed E-state index contributed by atoms with van der Waals surface area (Å²) in [7, 11) is -5.65. The van der Waals surface area contributed by atoms with Crippen molar-refractivity contribution >= 4 is 22.1 Å². The lowest BCUT2D eigenvalue weighted by atomic mass is 10.2. The van der Waals surface area contributed by atoms with E-state index in [2.05, 4.69) is 4.74 Å². The van der Waals surface area contributed by atoms with Gasteiger partial charge in [0.2, 0.25) is 17.4 Å². The molecule has 2 aromatic carbocycles. The molecular weight excluding hydrogens is 436 g/mol. The smallest absolute Gasteiger partial charge is 0.336 e. The molecule has 0 heterocycles. The second-order valence-corrected chi connectivity index (χ2v) is 6.91. The molecule has 0 spiro atoms. The summed E-state index contributed by atoms with van der Waals surface area (Å²) < 4.78 is 94.0. The van der Waals surface area contributed by atoms with Gasteiger partial charge in [0, 0.05) is 18.6 Å². The highest BCUT2D eigenvalue weighted by Crippen LogP contribution is 2.32. The molecule has 2 aromatic rings. The third-order valence-corrected chi connectivity index (χ3v) is 4.35. The molecule has 1 N–H and O–H groups in total. The van der Waals surface area contributed by atoms with Gasteiger partial charge in [0.25, 0.3) is 0 Å². The van der Waals surface area contributed by atoms with E-state index in [9.17, 15) is 35.6 Å². The van der Waals surface area contributed by atoms with Crippen LogP contribution in [0.3, 0.4) is 0 Å². The summed E-state index contributed by atoms with van der Waals surface area (Å²) in [6.45, 7) is -0.0426. The van der Waals surface area contributed by atoms with E-state index in [4.69, 9.17) is 9.29 Å². The van der Waals surface area contributed by atoms with Crippen LogP contribution in [0.1, 0.15) is 5.56 Å². The van der Waals surface area contributed by atoms with Crippen LogP contribution in [0, 0.1) is 23.3 Å². The van der Waals surface area contributed by atoms with Gasteiger partial charge >= 0.3 is 22.1 Å². The van der Waals surface area contributed by atoms with Crippen molar-refractivity contribution in [3.8, 4) is 5.75 Å². The zero-order valence-corrected chi connectivity index (χ0v) is 15.6. The average Bonchev–Trinajstić information content (AvgIpc) is 2.68. The molecule has 0 atom stereocenters. The van der Waals surface area contributed by atoms with Crippen LogP contribution < -0.4 is 4.74 Å². The lowest BCUT2D eigenvalue weighted by molar-refractivity contribution is -0.138. The first-order chi connectivity index (χ1) is 14.0. The Morgan fingerprint density at radius 3 is 1.97 bits per heavy atom. The Hall–Kier alpha value is -3.25. The van der Waals surface area contributed by atoms with Gasteiger partial charge in [-0.1, -0.05) is 30.3 Å². The number of carbonyl (C=O) groups is 2. The van der Waals surface area contributed by atoms with Crippen LogP contribution >= 0.6 is 0 Å². The van der Waals surface area contributed by atoms with Crippen molar-refractivity contribution in [1.29, 1.82) is 0 Å². The molecule has 160 valence electrons. The molecule has 0 amide bonds. The van der Waals surface area contributed by atoms with Crippen molar-refractivity contribution in [2.24, 2.45) is 0 Å². The molecule has 0 aromatic heterocycles. The molecule has 12 heteroatoms. The Morgan fingerprint density at radius 2 is 1.43 bits per heavy atom. The summed E-state index contributed by atoms with van der Waals surface area (Å²) in [4.78, 5) is 20.8. The van der Waals surface area contributed by atoms with Gasteiger partial charge in [-0.2, -0.15) is 17.2 Å². The number of carbonyl (C=O) groups excluding carboxylic acids is 2. The SMILES string of the molecule is O=C(C=CC(=O)Oc1c(F)c(F)c(S(=O)(=O)O)c(F)c1F)OCCc1ccccc1. The van der Waals surface area contributed by atoms with Gasteiger partial charge in [-0.05, 0) is 5.56 Å². The molecule has 0 aliphatic carbocycles. The van der Waals surface area contributed by atoms with Crippen LogP contribution in [0.4, 0.5) is 17.6 Å². The molecule has 0 bridgehead atoms. The third-order valence-electron chi connectivity index (χ3n) is 3.48. The monoisotopic (exact) mass is 448 g/mol. The molecule has 2 rings (SSSR count). The maximum Gasteiger partial charge on any atom is 0.336 e. The van der Waals surface area contributed by atoms with Gasteiger partial charge in [0.1, 0.15) is 0 Å². The van der Waals surface area contributed by atoms with E-state index in [1.54, 1.807) is 30.3 Å². The molecule has 0 fully saturated rings. The molecule has 0 aliphatic rings. The van der Waals surface area contributed by atoms with Gasteiger partial charge in [0.15, 0.2) is 16.5 Å². The van der Waals surface area contributed by atoms with E-state index in [1.807, 2.05) is 0 Å². The number of esters is 2. The summed E-state index contributed by atoms with van der Waals surface area (Å²) in [5.41, 5.74) is 0.872. The minimum atomic E-state index is -5.65. The van der Waals surface area contributed by atoms with Crippen LogP contribution in [-0.4, -0.2) is 31.5 Å². The van der Waals surface area contributed by atoms with Gasteiger partial charge in [-0.15, -0.1) is 0 Å². The number of halogens is 4. The zero-order valence-electron chi connectivity index (χ0n) is 14.8. The highest BCUT2D eigenvalue weighted by Gasteiger charge is 2.33. The van der Waals surface area contributed by atoms with E-state index >= 15 is 0 Å². The van der Waals surface area contributed by atoms with E-state index in [0.717, 1.165) is 5.56 Å². The average molecular weight is 448 g/mol. The number of hydrogen-bond donors (Lipinski definition) is 1. The van der Waals surface area contributed by atoms with Crippen molar-refractivity contribution in [1.82, 2.24) is 0 Å². The fourth-order valence-corrected chi connectivity index (χ4v) is 2.77. The van der Waals surface area contributed by atoms with Crippen LogP contribution in [0.2, 0.25) is 0 Å². The fourth-order valence-electron chi connectivity index (χ4n) is 2.14. The molecule has 0 saturated heterocycles. The van der Waals surface area contributed by atoms with Gasteiger partial charge in [0.05, 0.1) is 6.61 Å². The number of ether oxygens (including phenoxy) is 2. The summed E-state index contributed by atoms with van der Waals surface area (Å²) in [5.74, 6) is -14.3.